The highest BCUT2D eigenvalue weighted by Gasteiger charge is 2.50. The highest BCUT2D eigenvalue weighted by molar-refractivity contribution is 5.81. The highest BCUT2D eigenvalue weighted by atomic mass is 16.5. The molecular formula is C27H31NO3. The maximum Gasteiger partial charge on any atom is 0.310 e. The highest BCUT2D eigenvalue weighted by Crippen LogP contribution is 2.59. The summed E-state index contributed by atoms with van der Waals surface area (Å²) >= 11 is 0. The largest absolute Gasteiger partial charge is 0.455 e. The van der Waals surface area contributed by atoms with Crippen LogP contribution in [-0.4, -0.2) is 25.0 Å². The van der Waals surface area contributed by atoms with Crippen LogP contribution in [0.3, 0.4) is 0 Å². The van der Waals surface area contributed by atoms with Gasteiger partial charge in [-0.3, -0.25) is 9.59 Å². The first kappa shape index (κ1) is 20.3. The van der Waals surface area contributed by atoms with Gasteiger partial charge in [0.05, 0.1) is 6.42 Å². The Labute approximate surface area is 184 Å². The van der Waals surface area contributed by atoms with Crippen LogP contribution in [0.25, 0.3) is 11.1 Å². The summed E-state index contributed by atoms with van der Waals surface area (Å²) in [6.45, 7) is 0.557. The molecule has 4 nitrogen and oxygen atoms in total. The van der Waals surface area contributed by atoms with E-state index in [1.807, 2.05) is 42.5 Å². The van der Waals surface area contributed by atoms with E-state index in [1.54, 1.807) is 0 Å². The zero-order valence-corrected chi connectivity index (χ0v) is 18.0. The molecule has 4 saturated carbocycles. The molecule has 0 aliphatic heterocycles. The lowest BCUT2D eigenvalue weighted by Crippen LogP contribution is -2.51. The molecule has 0 heterocycles. The zero-order chi connectivity index (χ0) is 21.3. The molecule has 4 aliphatic carbocycles. The van der Waals surface area contributed by atoms with Crippen molar-refractivity contribution < 1.29 is 14.3 Å². The predicted octanol–water partition coefficient (Wildman–Crippen LogP) is 4.77. The lowest BCUT2D eigenvalue weighted by molar-refractivity contribution is -0.148. The summed E-state index contributed by atoms with van der Waals surface area (Å²) in [4.78, 5) is 24.5. The van der Waals surface area contributed by atoms with Crippen molar-refractivity contribution >= 4 is 11.9 Å². The van der Waals surface area contributed by atoms with E-state index in [0.717, 1.165) is 41.0 Å². The molecular weight excluding hydrogens is 386 g/mol. The minimum atomic E-state index is -0.364. The molecule has 6 rings (SSSR count). The van der Waals surface area contributed by atoms with Gasteiger partial charge in [-0.15, -0.1) is 0 Å². The van der Waals surface area contributed by atoms with Crippen LogP contribution in [0.15, 0.2) is 54.6 Å². The average Bonchev–Trinajstić information content (AvgIpc) is 2.77. The Morgan fingerprint density at radius 3 is 2.03 bits per heavy atom. The number of nitrogens with one attached hydrogen (secondary N) is 1. The quantitative estimate of drug-likeness (QED) is 0.660. The number of rotatable bonds is 7. The molecule has 2 aromatic rings. The molecule has 0 aromatic heterocycles. The van der Waals surface area contributed by atoms with Gasteiger partial charge in [-0.2, -0.15) is 0 Å². The molecule has 4 fully saturated rings. The van der Waals surface area contributed by atoms with Crippen molar-refractivity contribution in [1.29, 1.82) is 0 Å². The van der Waals surface area contributed by atoms with Crippen molar-refractivity contribution in [2.75, 3.05) is 13.2 Å². The Hall–Kier alpha value is -2.62. The summed E-state index contributed by atoms with van der Waals surface area (Å²) in [6.07, 6.45) is 8.16. The Balaban J connectivity index is 1.07. The molecule has 31 heavy (non-hydrogen) atoms. The number of esters is 1. The molecule has 0 spiro atoms. The number of benzene rings is 2. The van der Waals surface area contributed by atoms with E-state index in [0.29, 0.717) is 5.41 Å². The van der Waals surface area contributed by atoms with Gasteiger partial charge >= 0.3 is 5.97 Å². The Bertz CT molecular complexity index is 899. The maximum absolute atomic E-state index is 12.3. The van der Waals surface area contributed by atoms with Gasteiger partial charge in [0.25, 0.3) is 5.91 Å². The fourth-order valence-corrected chi connectivity index (χ4v) is 6.65. The van der Waals surface area contributed by atoms with Gasteiger partial charge in [0, 0.05) is 6.54 Å². The first-order valence-electron chi connectivity index (χ1n) is 11.6. The molecule has 0 atom stereocenters. The molecule has 162 valence electrons. The molecule has 1 N–H and O–H groups in total. The SMILES string of the molecule is O=C(COC(=O)Cc1ccc(-c2ccccc2)cc1)NCC12CC3CC(CC(C3)C1)C2. The van der Waals surface area contributed by atoms with Crippen molar-refractivity contribution in [2.45, 2.75) is 44.9 Å². The van der Waals surface area contributed by atoms with Gasteiger partial charge in [0.15, 0.2) is 6.61 Å². The first-order valence-corrected chi connectivity index (χ1v) is 11.6. The zero-order valence-electron chi connectivity index (χ0n) is 18.0. The number of hydrogen-bond donors (Lipinski definition) is 1. The van der Waals surface area contributed by atoms with E-state index in [4.69, 9.17) is 4.74 Å². The standard InChI is InChI=1S/C27H31NO3/c29-25(28-18-27-14-20-10-21(15-27)12-22(11-20)16-27)17-31-26(30)13-19-6-8-24(9-7-19)23-4-2-1-3-5-23/h1-9,20-22H,10-18H2,(H,28,29). The third-order valence-electron chi connectivity index (χ3n) is 7.60. The molecule has 4 bridgehead atoms. The summed E-state index contributed by atoms with van der Waals surface area (Å²) in [5, 5.41) is 3.07. The molecule has 4 aliphatic rings. The van der Waals surface area contributed by atoms with Crippen LogP contribution in [-0.2, 0) is 20.7 Å². The molecule has 0 unspecified atom stereocenters. The van der Waals surface area contributed by atoms with Crippen molar-refractivity contribution in [1.82, 2.24) is 5.32 Å². The summed E-state index contributed by atoms with van der Waals surface area (Å²) in [7, 11) is 0. The molecule has 2 aromatic carbocycles. The van der Waals surface area contributed by atoms with Crippen LogP contribution in [0, 0.1) is 23.2 Å². The predicted molar refractivity (Wildman–Crippen MR) is 120 cm³/mol. The van der Waals surface area contributed by atoms with E-state index in [-0.39, 0.29) is 24.9 Å². The van der Waals surface area contributed by atoms with Gasteiger partial charge in [0.2, 0.25) is 0 Å². The number of carbonyl (C=O) groups excluding carboxylic acids is 2. The molecule has 0 saturated heterocycles. The number of hydrogen-bond acceptors (Lipinski definition) is 3. The summed E-state index contributed by atoms with van der Waals surface area (Å²) < 4.78 is 5.24. The Kier molecular flexibility index (Phi) is 5.56. The first-order chi connectivity index (χ1) is 15.1. The van der Waals surface area contributed by atoms with Crippen LogP contribution < -0.4 is 5.32 Å². The van der Waals surface area contributed by atoms with E-state index >= 15 is 0 Å². The second-order valence-electron chi connectivity index (χ2n) is 10.1. The number of amides is 1. The molecule has 4 heteroatoms. The Morgan fingerprint density at radius 1 is 0.839 bits per heavy atom. The van der Waals surface area contributed by atoms with E-state index < -0.39 is 0 Å². The van der Waals surface area contributed by atoms with Crippen LogP contribution >= 0.6 is 0 Å². The van der Waals surface area contributed by atoms with E-state index in [1.165, 1.54) is 38.5 Å². The van der Waals surface area contributed by atoms with Crippen LogP contribution in [0.2, 0.25) is 0 Å². The van der Waals surface area contributed by atoms with Gasteiger partial charge < -0.3 is 10.1 Å². The van der Waals surface area contributed by atoms with Crippen molar-refractivity contribution in [2.24, 2.45) is 23.2 Å². The van der Waals surface area contributed by atoms with Crippen LogP contribution in [0.1, 0.15) is 44.1 Å². The van der Waals surface area contributed by atoms with Gasteiger partial charge in [-0.05, 0) is 78.4 Å². The monoisotopic (exact) mass is 417 g/mol. The van der Waals surface area contributed by atoms with Gasteiger partial charge in [-0.25, -0.2) is 0 Å². The summed E-state index contributed by atoms with van der Waals surface area (Å²) in [5.74, 6) is 2.07. The number of ether oxygens (including phenoxy) is 1. The van der Waals surface area contributed by atoms with Gasteiger partial charge in [0.1, 0.15) is 0 Å². The molecule has 0 radical (unpaired) electrons. The fourth-order valence-electron chi connectivity index (χ4n) is 6.65. The summed E-state index contributed by atoms with van der Waals surface area (Å²) in [6, 6.07) is 18.0. The minimum Gasteiger partial charge on any atom is -0.455 e. The Morgan fingerprint density at radius 2 is 1.42 bits per heavy atom. The van der Waals surface area contributed by atoms with Crippen LogP contribution in [0.4, 0.5) is 0 Å². The molecule has 1 amide bonds. The van der Waals surface area contributed by atoms with Crippen LogP contribution in [0.5, 0.6) is 0 Å². The van der Waals surface area contributed by atoms with E-state index in [9.17, 15) is 9.59 Å². The second kappa shape index (κ2) is 8.49. The second-order valence-corrected chi connectivity index (χ2v) is 10.1. The summed E-state index contributed by atoms with van der Waals surface area (Å²) in [5.41, 5.74) is 3.45. The average molecular weight is 418 g/mol. The smallest absolute Gasteiger partial charge is 0.310 e. The number of carbonyl (C=O) groups is 2. The minimum absolute atomic E-state index is 0.177. The van der Waals surface area contributed by atoms with Crippen molar-refractivity contribution in [3.05, 3.63) is 60.2 Å². The van der Waals surface area contributed by atoms with Crippen molar-refractivity contribution in [3.8, 4) is 11.1 Å². The van der Waals surface area contributed by atoms with Gasteiger partial charge in [-0.1, -0.05) is 54.6 Å². The fraction of sp³-hybridized carbons (Fsp3) is 0.481. The third-order valence-corrected chi connectivity index (χ3v) is 7.60. The topological polar surface area (TPSA) is 55.4 Å². The van der Waals surface area contributed by atoms with Crippen molar-refractivity contribution in [3.63, 3.8) is 0 Å². The lowest BCUT2D eigenvalue weighted by atomic mass is 9.49. The lowest BCUT2D eigenvalue weighted by Gasteiger charge is -2.56. The normalized spacial score (nSPS) is 28.3. The van der Waals surface area contributed by atoms with E-state index in [2.05, 4.69) is 17.4 Å². The third kappa shape index (κ3) is 4.68. The maximum atomic E-state index is 12.3.